The van der Waals surface area contributed by atoms with E-state index in [4.69, 9.17) is 0 Å². The lowest BCUT2D eigenvalue weighted by atomic mass is 9.76. The molecule has 3 rings (SSSR count). The van der Waals surface area contributed by atoms with E-state index in [0.29, 0.717) is 11.1 Å². The molecule has 2 nitrogen and oxygen atoms in total. The number of nitrogens with zero attached hydrogens (tertiary/aromatic N) is 1. The monoisotopic (exact) mass is 296 g/mol. The molecule has 1 N–H and O–H groups in total. The van der Waals surface area contributed by atoms with E-state index in [1.807, 2.05) is 0 Å². The number of hydrogen-bond acceptors (Lipinski definition) is 3. The normalized spacial score (nSPS) is 29.2. The Morgan fingerprint density at radius 2 is 1.70 bits per heavy atom. The zero-order chi connectivity index (χ0) is 13.9. The van der Waals surface area contributed by atoms with E-state index in [9.17, 15) is 0 Å². The van der Waals surface area contributed by atoms with Gasteiger partial charge >= 0.3 is 0 Å². The lowest BCUT2D eigenvalue weighted by Crippen LogP contribution is -2.70. The molecule has 1 aliphatic heterocycles. The second kappa shape index (κ2) is 6.58. The van der Waals surface area contributed by atoms with Crippen LogP contribution in [-0.4, -0.2) is 47.1 Å². The van der Waals surface area contributed by atoms with Crippen LogP contribution in [0.25, 0.3) is 0 Å². The van der Waals surface area contributed by atoms with Crippen molar-refractivity contribution in [2.75, 3.05) is 31.1 Å². The van der Waals surface area contributed by atoms with Gasteiger partial charge in [-0.2, -0.15) is 11.8 Å². The van der Waals surface area contributed by atoms with Gasteiger partial charge in [0, 0.05) is 36.5 Å². The van der Waals surface area contributed by atoms with Crippen molar-refractivity contribution < 1.29 is 0 Å². The quantitative estimate of drug-likeness (QED) is 0.797. The van der Waals surface area contributed by atoms with Crippen molar-refractivity contribution in [1.29, 1.82) is 0 Å². The van der Waals surface area contributed by atoms with Gasteiger partial charge in [-0.05, 0) is 31.4 Å². The third kappa shape index (κ3) is 3.05. The Bertz CT molecular complexity index is 306. The minimum atomic E-state index is 0.486. The van der Waals surface area contributed by atoms with Crippen LogP contribution >= 0.6 is 11.8 Å². The average Bonchev–Trinajstić information content (AvgIpc) is 2.93. The largest absolute Gasteiger partial charge is 0.308 e. The zero-order valence-corrected chi connectivity index (χ0v) is 14.1. The van der Waals surface area contributed by atoms with Gasteiger partial charge in [0.2, 0.25) is 0 Å². The van der Waals surface area contributed by atoms with Gasteiger partial charge < -0.3 is 5.32 Å². The summed E-state index contributed by atoms with van der Waals surface area (Å²) in [5.74, 6) is 2.60. The van der Waals surface area contributed by atoms with Gasteiger partial charge in [-0.25, -0.2) is 0 Å². The standard InChI is InChI=1S/C17H32N2S/c1-2-20-13-12-19-15-16(8-6-7-9-16)18-14-17(19)10-4-3-5-11-17/h18H,2-15H2,1H3. The highest BCUT2D eigenvalue weighted by Gasteiger charge is 2.48. The van der Waals surface area contributed by atoms with Crippen molar-refractivity contribution in [3.05, 3.63) is 0 Å². The van der Waals surface area contributed by atoms with Gasteiger partial charge in [-0.3, -0.25) is 4.90 Å². The highest BCUT2D eigenvalue weighted by Crippen LogP contribution is 2.41. The summed E-state index contributed by atoms with van der Waals surface area (Å²) < 4.78 is 0. The number of rotatable bonds is 4. The van der Waals surface area contributed by atoms with Gasteiger partial charge in [-0.15, -0.1) is 0 Å². The van der Waals surface area contributed by atoms with Crippen molar-refractivity contribution >= 4 is 11.8 Å². The molecule has 0 aromatic heterocycles. The van der Waals surface area contributed by atoms with E-state index in [0.717, 1.165) is 0 Å². The smallest absolute Gasteiger partial charge is 0.0335 e. The number of hydrogen-bond donors (Lipinski definition) is 1. The second-order valence-electron chi connectivity index (χ2n) is 7.24. The average molecular weight is 297 g/mol. The Morgan fingerprint density at radius 1 is 1.00 bits per heavy atom. The van der Waals surface area contributed by atoms with Crippen LogP contribution in [-0.2, 0) is 0 Å². The van der Waals surface area contributed by atoms with Crippen LogP contribution in [0, 0.1) is 0 Å². The maximum atomic E-state index is 4.03. The molecule has 1 saturated heterocycles. The van der Waals surface area contributed by atoms with Crippen LogP contribution < -0.4 is 5.32 Å². The van der Waals surface area contributed by atoms with Gasteiger partial charge in [0.15, 0.2) is 0 Å². The summed E-state index contributed by atoms with van der Waals surface area (Å²) in [4.78, 5) is 2.93. The van der Waals surface area contributed by atoms with Crippen molar-refractivity contribution in [3.8, 4) is 0 Å². The molecule has 116 valence electrons. The van der Waals surface area contributed by atoms with Crippen LogP contribution in [0.4, 0.5) is 0 Å². The first kappa shape index (κ1) is 15.2. The lowest BCUT2D eigenvalue weighted by Gasteiger charge is -2.55. The molecule has 0 aromatic rings. The Hall–Kier alpha value is 0.270. The third-order valence-corrected chi connectivity index (χ3v) is 6.89. The summed E-state index contributed by atoms with van der Waals surface area (Å²) in [7, 11) is 0. The molecule has 0 amide bonds. The molecule has 3 fully saturated rings. The van der Waals surface area contributed by atoms with E-state index in [-0.39, 0.29) is 0 Å². The molecule has 2 saturated carbocycles. The summed E-state index contributed by atoms with van der Waals surface area (Å²) in [6.07, 6.45) is 13.0. The van der Waals surface area contributed by atoms with E-state index in [1.165, 1.54) is 88.9 Å². The van der Waals surface area contributed by atoms with Crippen LogP contribution in [0.5, 0.6) is 0 Å². The highest BCUT2D eigenvalue weighted by molar-refractivity contribution is 7.99. The fraction of sp³-hybridized carbons (Fsp3) is 1.00. The Balaban J connectivity index is 1.69. The first-order valence-corrected chi connectivity index (χ1v) is 10.0. The summed E-state index contributed by atoms with van der Waals surface area (Å²) in [6.45, 7) is 6.21. The number of piperazine rings is 1. The summed E-state index contributed by atoms with van der Waals surface area (Å²) >= 11 is 2.12. The molecule has 0 bridgehead atoms. The number of nitrogens with one attached hydrogen (secondary N) is 1. The van der Waals surface area contributed by atoms with Crippen molar-refractivity contribution in [1.82, 2.24) is 10.2 Å². The van der Waals surface area contributed by atoms with Gasteiger partial charge in [0.05, 0.1) is 0 Å². The molecule has 3 aliphatic rings. The molecule has 0 atom stereocenters. The maximum absolute atomic E-state index is 4.03. The van der Waals surface area contributed by atoms with Crippen LogP contribution in [0.2, 0.25) is 0 Å². The third-order valence-electron chi connectivity index (χ3n) is 6.01. The molecule has 3 heteroatoms. The number of thioether (sulfide) groups is 1. The van der Waals surface area contributed by atoms with Gasteiger partial charge in [-0.1, -0.05) is 39.0 Å². The van der Waals surface area contributed by atoms with E-state index >= 15 is 0 Å². The second-order valence-corrected chi connectivity index (χ2v) is 8.64. The molecule has 0 radical (unpaired) electrons. The van der Waals surface area contributed by atoms with Gasteiger partial charge in [0.25, 0.3) is 0 Å². The fourth-order valence-corrected chi connectivity index (χ4v) is 5.42. The fourth-order valence-electron chi connectivity index (χ4n) is 4.78. The van der Waals surface area contributed by atoms with Crippen molar-refractivity contribution in [2.24, 2.45) is 0 Å². The van der Waals surface area contributed by atoms with Crippen molar-refractivity contribution in [3.63, 3.8) is 0 Å². The molecule has 0 aromatic carbocycles. The predicted molar refractivity (Wildman–Crippen MR) is 89.6 cm³/mol. The SMILES string of the molecule is CCSCCN1CC2(CCCC2)NCC12CCCCC2. The van der Waals surface area contributed by atoms with Crippen molar-refractivity contribution in [2.45, 2.75) is 75.8 Å². The minimum absolute atomic E-state index is 0.486. The molecular formula is C17H32N2S. The molecule has 2 spiro atoms. The summed E-state index contributed by atoms with van der Waals surface area (Å²) in [5, 5.41) is 4.03. The topological polar surface area (TPSA) is 15.3 Å². The first-order valence-electron chi connectivity index (χ1n) is 8.87. The van der Waals surface area contributed by atoms with E-state index in [2.05, 4.69) is 28.9 Å². The summed E-state index contributed by atoms with van der Waals surface area (Å²) in [6, 6.07) is 0. The van der Waals surface area contributed by atoms with Crippen LogP contribution in [0.1, 0.15) is 64.7 Å². The minimum Gasteiger partial charge on any atom is -0.308 e. The molecular weight excluding hydrogens is 264 g/mol. The molecule has 0 unspecified atom stereocenters. The van der Waals surface area contributed by atoms with Crippen LogP contribution in [0.3, 0.4) is 0 Å². The zero-order valence-electron chi connectivity index (χ0n) is 13.3. The Kier molecular flexibility index (Phi) is 4.99. The molecule has 20 heavy (non-hydrogen) atoms. The molecule has 1 heterocycles. The molecule has 2 aliphatic carbocycles. The predicted octanol–water partition coefficient (Wildman–Crippen LogP) is 3.66. The lowest BCUT2D eigenvalue weighted by molar-refractivity contribution is -0.0131. The summed E-state index contributed by atoms with van der Waals surface area (Å²) in [5.41, 5.74) is 1.000. The Labute approximate surface area is 129 Å². The first-order chi connectivity index (χ1) is 9.79. The highest BCUT2D eigenvalue weighted by atomic mass is 32.2. The Morgan fingerprint density at radius 3 is 2.40 bits per heavy atom. The van der Waals surface area contributed by atoms with E-state index in [1.54, 1.807) is 0 Å². The van der Waals surface area contributed by atoms with E-state index < -0.39 is 0 Å². The maximum Gasteiger partial charge on any atom is 0.0335 e. The van der Waals surface area contributed by atoms with Crippen LogP contribution in [0.15, 0.2) is 0 Å². The van der Waals surface area contributed by atoms with Gasteiger partial charge in [0.1, 0.15) is 0 Å².